The molecule has 1 aromatic heterocycles. The van der Waals surface area contributed by atoms with Gasteiger partial charge in [0.25, 0.3) is 0 Å². The van der Waals surface area contributed by atoms with Crippen molar-refractivity contribution in [2.75, 3.05) is 16.8 Å². The first-order chi connectivity index (χ1) is 11.6. The Kier molecular flexibility index (Phi) is 4.61. The first-order valence-corrected chi connectivity index (χ1v) is 7.85. The van der Waals surface area contributed by atoms with Crippen LogP contribution in [0.3, 0.4) is 0 Å². The van der Waals surface area contributed by atoms with Crippen molar-refractivity contribution < 1.29 is 14.6 Å². The van der Waals surface area contributed by atoms with Gasteiger partial charge in [-0.2, -0.15) is 4.98 Å². The second-order valence-electron chi connectivity index (χ2n) is 5.77. The number of hydrogen-bond acceptors (Lipinski definition) is 6. The van der Waals surface area contributed by atoms with E-state index in [1.54, 1.807) is 19.2 Å². The summed E-state index contributed by atoms with van der Waals surface area (Å²) in [4.78, 5) is 21.9. The quantitative estimate of drug-likeness (QED) is 0.876. The fraction of sp³-hybridized carbons (Fsp3) is 0.353. The summed E-state index contributed by atoms with van der Waals surface area (Å²) in [6.45, 7) is 3.77. The fourth-order valence-electron chi connectivity index (χ4n) is 2.63. The molecule has 126 valence electrons. The number of cyclic esters (lactones) is 1. The number of nitrogens with one attached hydrogen (secondary N) is 1. The van der Waals surface area contributed by atoms with Gasteiger partial charge in [0.05, 0.1) is 12.1 Å². The zero-order valence-electron chi connectivity index (χ0n) is 13.6. The van der Waals surface area contributed by atoms with Crippen LogP contribution in [0.5, 0.6) is 0 Å². The number of hydrogen-bond donors (Lipinski definition) is 2. The number of benzene rings is 1. The Morgan fingerprint density at radius 2 is 2.04 bits per heavy atom. The van der Waals surface area contributed by atoms with E-state index in [2.05, 4.69) is 15.3 Å². The van der Waals surface area contributed by atoms with Crippen LogP contribution in [0.2, 0.25) is 0 Å². The van der Waals surface area contributed by atoms with Crippen LogP contribution >= 0.6 is 0 Å². The van der Waals surface area contributed by atoms with Gasteiger partial charge in [0.2, 0.25) is 5.95 Å². The summed E-state index contributed by atoms with van der Waals surface area (Å²) in [5.41, 5.74) is 1.11. The van der Waals surface area contributed by atoms with Crippen molar-refractivity contribution in [1.82, 2.24) is 9.97 Å². The summed E-state index contributed by atoms with van der Waals surface area (Å²) in [7, 11) is 0. The van der Waals surface area contributed by atoms with E-state index in [0.717, 1.165) is 5.56 Å². The van der Waals surface area contributed by atoms with E-state index >= 15 is 0 Å². The lowest BCUT2D eigenvalue weighted by atomic mass is 10.1. The highest BCUT2D eigenvalue weighted by Gasteiger charge is 2.38. The number of aliphatic hydroxyl groups is 1. The Morgan fingerprint density at radius 3 is 2.75 bits per heavy atom. The molecule has 0 radical (unpaired) electrons. The number of nitrogens with zero attached hydrogens (tertiary/aromatic N) is 3. The van der Waals surface area contributed by atoms with Gasteiger partial charge in [-0.3, -0.25) is 4.90 Å². The zero-order chi connectivity index (χ0) is 17.1. The van der Waals surface area contributed by atoms with Gasteiger partial charge < -0.3 is 15.2 Å². The molecule has 1 amide bonds. The molecule has 1 fully saturated rings. The third-order valence-corrected chi connectivity index (χ3v) is 4.00. The maximum absolute atomic E-state index is 12.0. The van der Waals surface area contributed by atoms with Crippen molar-refractivity contribution in [1.29, 1.82) is 0 Å². The molecule has 2 heterocycles. The van der Waals surface area contributed by atoms with E-state index in [9.17, 15) is 9.90 Å². The van der Waals surface area contributed by atoms with Crippen LogP contribution in [0, 0.1) is 0 Å². The average Bonchev–Trinajstić information content (AvgIpc) is 2.98. The molecule has 7 heteroatoms. The fourth-order valence-corrected chi connectivity index (χ4v) is 2.63. The molecule has 7 nitrogen and oxygen atoms in total. The lowest BCUT2D eigenvalue weighted by Gasteiger charge is -2.23. The predicted molar refractivity (Wildman–Crippen MR) is 89.8 cm³/mol. The molecule has 3 rings (SSSR count). The van der Waals surface area contributed by atoms with Crippen molar-refractivity contribution in [2.24, 2.45) is 0 Å². The second kappa shape index (κ2) is 6.84. The van der Waals surface area contributed by atoms with E-state index in [1.807, 2.05) is 37.3 Å². The number of carbonyl (C=O) groups excluding carboxylic acids is 1. The molecule has 1 aliphatic rings. The molecule has 0 saturated carbocycles. The van der Waals surface area contributed by atoms with Crippen LogP contribution in [0.1, 0.15) is 25.5 Å². The number of ether oxygens (including phenoxy) is 1. The monoisotopic (exact) mass is 328 g/mol. The van der Waals surface area contributed by atoms with Gasteiger partial charge in [-0.25, -0.2) is 9.78 Å². The van der Waals surface area contributed by atoms with Crippen LogP contribution in [0.15, 0.2) is 42.6 Å². The molecule has 24 heavy (non-hydrogen) atoms. The second-order valence-corrected chi connectivity index (χ2v) is 5.77. The van der Waals surface area contributed by atoms with Crippen molar-refractivity contribution in [3.63, 3.8) is 0 Å². The Labute approximate surface area is 140 Å². The van der Waals surface area contributed by atoms with Gasteiger partial charge in [0, 0.05) is 6.20 Å². The average molecular weight is 328 g/mol. The molecular formula is C17H20N4O3. The number of rotatable bonds is 5. The molecule has 0 aliphatic carbocycles. The SMILES string of the molecule is C[C@H](Nc1nccc(N2C(=O)OCC2[C@@H](C)O)n1)c1ccccc1. The van der Waals surface area contributed by atoms with Gasteiger partial charge in [0.15, 0.2) is 0 Å². The minimum absolute atomic E-state index is 0.0135. The zero-order valence-corrected chi connectivity index (χ0v) is 13.6. The minimum atomic E-state index is -0.717. The van der Waals surface area contributed by atoms with Gasteiger partial charge >= 0.3 is 6.09 Å². The van der Waals surface area contributed by atoms with Crippen molar-refractivity contribution in [3.8, 4) is 0 Å². The molecule has 1 saturated heterocycles. The van der Waals surface area contributed by atoms with Gasteiger partial charge in [-0.05, 0) is 25.5 Å². The summed E-state index contributed by atoms with van der Waals surface area (Å²) in [6, 6.07) is 11.1. The molecule has 0 spiro atoms. The molecule has 1 unspecified atom stereocenters. The molecule has 0 bridgehead atoms. The summed E-state index contributed by atoms with van der Waals surface area (Å²) in [5, 5.41) is 13.0. The summed E-state index contributed by atoms with van der Waals surface area (Å²) in [5.74, 6) is 0.814. The maximum atomic E-state index is 12.0. The number of anilines is 2. The van der Waals surface area contributed by atoms with Crippen LogP contribution < -0.4 is 10.2 Å². The Balaban J connectivity index is 1.80. The number of aromatic nitrogens is 2. The molecule has 1 aliphatic heterocycles. The summed E-state index contributed by atoms with van der Waals surface area (Å²) in [6.07, 6.45) is 0.348. The highest BCUT2D eigenvalue weighted by molar-refractivity contribution is 5.89. The third kappa shape index (κ3) is 3.30. The largest absolute Gasteiger partial charge is 0.447 e. The standard InChI is InChI=1S/C17H20N4O3/c1-11(13-6-4-3-5-7-13)19-16-18-9-8-15(20-16)21-14(12(2)22)10-24-17(21)23/h3-9,11-12,14,22H,10H2,1-2H3,(H,18,19,20)/t11-,12+,14?/m0/s1. The van der Waals surface area contributed by atoms with Crippen molar-refractivity contribution in [2.45, 2.75) is 32.0 Å². The van der Waals surface area contributed by atoms with Crippen LogP contribution in [-0.2, 0) is 4.74 Å². The maximum Gasteiger partial charge on any atom is 0.416 e. The Morgan fingerprint density at radius 1 is 1.29 bits per heavy atom. The van der Waals surface area contributed by atoms with Crippen molar-refractivity contribution >= 4 is 17.9 Å². The van der Waals surface area contributed by atoms with Crippen LogP contribution in [0.4, 0.5) is 16.6 Å². The molecular weight excluding hydrogens is 308 g/mol. The van der Waals surface area contributed by atoms with E-state index < -0.39 is 18.2 Å². The molecule has 3 atom stereocenters. The van der Waals surface area contributed by atoms with Gasteiger partial charge in [0.1, 0.15) is 18.5 Å². The van der Waals surface area contributed by atoms with Gasteiger partial charge in [-0.1, -0.05) is 30.3 Å². The Hall–Kier alpha value is -2.67. The highest BCUT2D eigenvalue weighted by Crippen LogP contribution is 2.24. The smallest absolute Gasteiger partial charge is 0.416 e. The lowest BCUT2D eigenvalue weighted by molar-refractivity contribution is 0.142. The topological polar surface area (TPSA) is 87.6 Å². The van der Waals surface area contributed by atoms with E-state index in [4.69, 9.17) is 4.74 Å². The highest BCUT2D eigenvalue weighted by atomic mass is 16.6. The molecule has 1 aromatic carbocycles. The van der Waals surface area contributed by atoms with E-state index in [1.165, 1.54) is 4.90 Å². The minimum Gasteiger partial charge on any atom is -0.447 e. The lowest BCUT2D eigenvalue weighted by Crippen LogP contribution is -2.41. The number of aliphatic hydroxyl groups excluding tert-OH is 1. The number of amides is 1. The van der Waals surface area contributed by atoms with E-state index in [-0.39, 0.29) is 12.6 Å². The predicted octanol–water partition coefficient (Wildman–Crippen LogP) is 2.36. The van der Waals surface area contributed by atoms with Gasteiger partial charge in [-0.15, -0.1) is 0 Å². The first-order valence-electron chi connectivity index (χ1n) is 7.85. The van der Waals surface area contributed by atoms with Crippen molar-refractivity contribution in [3.05, 3.63) is 48.2 Å². The first kappa shape index (κ1) is 16.2. The van der Waals surface area contributed by atoms with E-state index in [0.29, 0.717) is 11.8 Å². The normalized spacial score (nSPS) is 19.7. The Bertz CT molecular complexity index is 708. The van der Waals surface area contributed by atoms with Crippen LogP contribution in [0.25, 0.3) is 0 Å². The third-order valence-electron chi connectivity index (χ3n) is 4.00. The number of carbonyl (C=O) groups is 1. The molecule has 2 aromatic rings. The summed E-state index contributed by atoms with van der Waals surface area (Å²) >= 11 is 0. The van der Waals surface area contributed by atoms with Crippen LogP contribution in [-0.4, -0.2) is 39.9 Å². The molecule has 2 N–H and O–H groups in total. The summed E-state index contributed by atoms with van der Waals surface area (Å²) < 4.78 is 5.03.